The van der Waals surface area contributed by atoms with Gasteiger partial charge in [-0.15, -0.1) is 0 Å². The first-order valence-corrected chi connectivity index (χ1v) is 12.1. The van der Waals surface area contributed by atoms with Gasteiger partial charge in [0.2, 0.25) is 5.91 Å². The number of anilines is 3. The Morgan fingerprint density at radius 2 is 2.09 bits per heavy atom. The number of aromatic nitrogens is 4. The molecule has 2 N–H and O–H groups in total. The zero-order valence-corrected chi connectivity index (χ0v) is 20.2. The summed E-state index contributed by atoms with van der Waals surface area (Å²) >= 11 is 0. The molecule has 2 unspecified atom stereocenters. The lowest BCUT2D eigenvalue weighted by Crippen LogP contribution is -2.38. The van der Waals surface area contributed by atoms with E-state index in [-0.39, 0.29) is 17.2 Å². The van der Waals surface area contributed by atoms with Crippen LogP contribution >= 0.6 is 0 Å². The molecule has 0 aromatic carbocycles. The van der Waals surface area contributed by atoms with E-state index in [1.54, 1.807) is 38.9 Å². The van der Waals surface area contributed by atoms with Crippen molar-refractivity contribution in [1.29, 1.82) is 0 Å². The first-order chi connectivity index (χ1) is 17.1. The maximum Gasteiger partial charge on any atom is 0.222 e. The third-order valence-electron chi connectivity index (χ3n) is 7.17. The Morgan fingerprint density at radius 1 is 1.17 bits per heavy atom. The molecule has 2 aliphatic rings. The summed E-state index contributed by atoms with van der Waals surface area (Å²) in [6, 6.07) is 7.71. The minimum absolute atomic E-state index is 0.0999. The largest absolute Gasteiger partial charge is 0.495 e. The fourth-order valence-electron chi connectivity index (χ4n) is 5.41. The highest BCUT2D eigenvalue weighted by Crippen LogP contribution is 2.47. The second-order valence-electron chi connectivity index (χ2n) is 9.49. The van der Waals surface area contributed by atoms with Crippen molar-refractivity contribution >= 4 is 23.2 Å². The van der Waals surface area contributed by atoms with Gasteiger partial charge in [-0.2, -0.15) is 0 Å². The van der Waals surface area contributed by atoms with E-state index in [4.69, 9.17) is 14.7 Å². The lowest BCUT2D eigenvalue weighted by molar-refractivity contribution is -0.126. The van der Waals surface area contributed by atoms with Crippen molar-refractivity contribution in [3.63, 3.8) is 0 Å². The van der Waals surface area contributed by atoms with Crippen molar-refractivity contribution in [2.45, 2.75) is 32.1 Å². The van der Waals surface area contributed by atoms with Crippen molar-refractivity contribution in [2.24, 2.45) is 11.3 Å². The zero-order valence-electron chi connectivity index (χ0n) is 20.2. The number of amides is 1. The molecule has 1 spiro atoms. The normalized spacial score (nSPS) is 21.7. The molecule has 1 saturated carbocycles. The molecule has 182 valence electrons. The van der Waals surface area contributed by atoms with E-state index in [2.05, 4.69) is 25.5 Å². The number of hydrogen-bond donors (Lipinski definition) is 2. The quantitative estimate of drug-likeness (QED) is 0.557. The molecule has 1 saturated heterocycles. The molecular formula is C26H31N7O2. The molecule has 35 heavy (non-hydrogen) atoms. The van der Waals surface area contributed by atoms with Gasteiger partial charge in [-0.3, -0.25) is 14.8 Å². The van der Waals surface area contributed by atoms with Gasteiger partial charge in [-0.25, -0.2) is 9.97 Å². The fourth-order valence-corrected chi connectivity index (χ4v) is 5.41. The number of rotatable bonds is 6. The molecule has 3 aromatic heterocycles. The van der Waals surface area contributed by atoms with Gasteiger partial charge in [0.05, 0.1) is 25.2 Å². The molecular weight excluding hydrogens is 442 g/mol. The van der Waals surface area contributed by atoms with Crippen LogP contribution in [0.3, 0.4) is 0 Å². The topological polar surface area (TPSA) is 105 Å². The molecule has 3 aromatic rings. The molecule has 9 heteroatoms. The lowest BCUT2D eigenvalue weighted by Gasteiger charge is -2.37. The van der Waals surface area contributed by atoms with Gasteiger partial charge in [-0.1, -0.05) is 6.42 Å². The Morgan fingerprint density at radius 3 is 2.89 bits per heavy atom. The van der Waals surface area contributed by atoms with Gasteiger partial charge < -0.3 is 20.3 Å². The van der Waals surface area contributed by atoms with Crippen molar-refractivity contribution in [2.75, 3.05) is 37.5 Å². The number of ether oxygens (including phenoxy) is 1. The summed E-state index contributed by atoms with van der Waals surface area (Å²) in [6.07, 6.45) is 12.1. The first-order valence-electron chi connectivity index (χ1n) is 12.1. The summed E-state index contributed by atoms with van der Waals surface area (Å²) in [4.78, 5) is 32.9. The van der Waals surface area contributed by atoms with Crippen LogP contribution in [0.5, 0.6) is 5.75 Å². The Bertz CT molecular complexity index is 1190. The standard InChI is InChI=1S/C26H31N7O2/c1-27-25(34)18-5-3-7-26(13-18)8-10-33(17-26)23-12-22(30-20-11-21(35-2)16-29-15-20)31-24(32-23)19-6-4-9-28-14-19/h4,6,9,11-12,14-16,18H,3,5,7-8,10,13,17H2,1-2H3,(H,27,34)(H,30,31,32). The molecule has 0 radical (unpaired) electrons. The third kappa shape index (κ3) is 5.03. The fraction of sp³-hybridized carbons (Fsp3) is 0.423. The van der Waals surface area contributed by atoms with Gasteiger partial charge in [0.25, 0.3) is 0 Å². The maximum atomic E-state index is 12.4. The summed E-state index contributed by atoms with van der Waals surface area (Å²) in [7, 11) is 3.35. The predicted molar refractivity (Wildman–Crippen MR) is 135 cm³/mol. The third-order valence-corrected chi connectivity index (χ3v) is 7.17. The molecule has 4 heterocycles. The van der Waals surface area contributed by atoms with Gasteiger partial charge in [0.1, 0.15) is 17.4 Å². The molecule has 1 amide bonds. The number of carbonyl (C=O) groups is 1. The summed E-state index contributed by atoms with van der Waals surface area (Å²) < 4.78 is 5.31. The molecule has 9 nitrogen and oxygen atoms in total. The van der Waals surface area contributed by atoms with Crippen LogP contribution in [0, 0.1) is 11.3 Å². The number of nitrogens with one attached hydrogen (secondary N) is 2. The highest BCUT2D eigenvalue weighted by atomic mass is 16.5. The number of pyridine rings is 2. The van der Waals surface area contributed by atoms with Crippen LogP contribution in [0.25, 0.3) is 11.4 Å². The van der Waals surface area contributed by atoms with Crippen LogP contribution in [-0.2, 0) is 4.79 Å². The molecule has 1 aliphatic carbocycles. The monoisotopic (exact) mass is 473 g/mol. The van der Waals surface area contributed by atoms with Gasteiger partial charge in [-0.05, 0) is 43.2 Å². The summed E-state index contributed by atoms with van der Waals surface area (Å²) in [5.41, 5.74) is 1.79. The minimum Gasteiger partial charge on any atom is -0.495 e. The van der Waals surface area contributed by atoms with Crippen LogP contribution in [0.4, 0.5) is 17.3 Å². The molecule has 1 aliphatic heterocycles. The maximum absolute atomic E-state index is 12.4. The second-order valence-corrected chi connectivity index (χ2v) is 9.49. The van der Waals surface area contributed by atoms with Gasteiger partial charge in [0.15, 0.2) is 5.82 Å². The van der Waals surface area contributed by atoms with Crippen molar-refractivity contribution in [3.05, 3.63) is 49.1 Å². The highest BCUT2D eigenvalue weighted by molar-refractivity contribution is 5.78. The smallest absolute Gasteiger partial charge is 0.222 e. The summed E-state index contributed by atoms with van der Waals surface area (Å²) in [5, 5.41) is 6.21. The highest BCUT2D eigenvalue weighted by Gasteiger charge is 2.43. The van der Waals surface area contributed by atoms with Crippen molar-refractivity contribution < 1.29 is 9.53 Å². The molecule has 0 bridgehead atoms. The Labute approximate surface area is 205 Å². The van der Waals surface area contributed by atoms with E-state index in [1.165, 1.54) is 0 Å². The Kier molecular flexibility index (Phi) is 6.48. The van der Waals surface area contributed by atoms with Crippen molar-refractivity contribution in [3.8, 4) is 17.1 Å². The van der Waals surface area contributed by atoms with Gasteiger partial charge >= 0.3 is 0 Å². The number of carbonyl (C=O) groups excluding carboxylic acids is 1. The van der Waals surface area contributed by atoms with E-state index in [1.807, 2.05) is 24.3 Å². The number of nitrogens with zero attached hydrogens (tertiary/aromatic N) is 5. The average Bonchev–Trinajstić information content (AvgIpc) is 3.31. The minimum atomic E-state index is 0.0999. The van der Waals surface area contributed by atoms with E-state index in [0.717, 1.165) is 62.3 Å². The zero-order chi connectivity index (χ0) is 24.3. The lowest BCUT2D eigenvalue weighted by atomic mass is 9.69. The van der Waals surface area contributed by atoms with E-state index >= 15 is 0 Å². The Hall–Kier alpha value is -3.75. The summed E-state index contributed by atoms with van der Waals surface area (Å²) in [5.74, 6) is 3.10. The van der Waals surface area contributed by atoms with Crippen LogP contribution in [0.2, 0.25) is 0 Å². The molecule has 5 rings (SSSR count). The van der Waals surface area contributed by atoms with Crippen LogP contribution in [0.1, 0.15) is 32.1 Å². The van der Waals surface area contributed by atoms with Crippen molar-refractivity contribution in [1.82, 2.24) is 25.3 Å². The van der Waals surface area contributed by atoms with Crippen LogP contribution in [-0.4, -0.2) is 53.1 Å². The summed E-state index contributed by atoms with van der Waals surface area (Å²) in [6.45, 7) is 1.80. The van der Waals surface area contributed by atoms with Gasteiger partial charge in [0, 0.05) is 56.1 Å². The van der Waals surface area contributed by atoms with Crippen LogP contribution in [0.15, 0.2) is 49.1 Å². The number of methoxy groups -OCH3 is 1. The Balaban J connectivity index is 1.44. The van der Waals surface area contributed by atoms with E-state index < -0.39 is 0 Å². The SMILES string of the molecule is CNC(=O)C1CCCC2(CCN(c3cc(Nc4cncc(OC)c4)nc(-c4cccnc4)n3)C2)C1. The van der Waals surface area contributed by atoms with E-state index in [9.17, 15) is 4.79 Å². The predicted octanol–water partition coefficient (Wildman–Crippen LogP) is 3.82. The van der Waals surface area contributed by atoms with E-state index in [0.29, 0.717) is 17.4 Å². The molecule has 2 atom stereocenters. The second kappa shape index (κ2) is 9.85. The average molecular weight is 474 g/mol. The van der Waals surface area contributed by atoms with Crippen LogP contribution < -0.4 is 20.3 Å². The first kappa shape index (κ1) is 23.0. The number of hydrogen-bond acceptors (Lipinski definition) is 8. The molecule has 2 fully saturated rings.